The first kappa shape index (κ1) is 16.0. The second kappa shape index (κ2) is 10.1. The molecular weight excluding hydrogens is 208 g/mol. The average Bonchev–Trinajstić information content (AvgIpc) is 2.19. The molecule has 0 N–H and O–H groups in total. The van der Waals surface area contributed by atoms with Crippen molar-refractivity contribution >= 4 is 8.07 Å². The lowest BCUT2D eigenvalue weighted by molar-refractivity contribution is 0.577. The second-order valence-corrected chi connectivity index (χ2v) is 11.8. The third kappa shape index (κ3) is 14.0. The molecule has 0 rings (SSSR count). The molecule has 0 spiro atoms. The van der Waals surface area contributed by atoms with E-state index in [-0.39, 0.29) is 0 Å². The number of allylic oxidation sites excluding steroid dienone is 1. The maximum absolute atomic E-state index is 3.75. The lowest BCUT2D eigenvalue weighted by Gasteiger charge is -2.14. The highest BCUT2D eigenvalue weighted by atomic mass is 28.3. The fourth-order valence-corrected chi connectivity index (χ4v) is 3.32. The largest absolute Gasteiger partial charge is 0.103 e. The van der Waals surface area contributed by atoms with Crippen molar-refractivity contribution in [3.05, 3.63) is 12.7 Å². The van der Waals surface area contributed by atoms with Crippen LogP contribution in [0.5, 0.6) is 0 Å². The molecule has 0 amide bonds. The molecular formula is C15H32Si. The van der Waals surface area contributed by atoms with Gasteiger partial charge >= 0.3 is 0 Å². The highest BCUT2D eigenvalue weighted by Crippen LogP contribution is 2.16. The fourth-order valence-electron chi connectivity index (χ4n) is 2.00. The van der Waals surface area contributed by atoms with Gasteiger partial charge < -0.3 is 0 Å². The van der Waals surface area contributed by atoms with Crippen molar-refractivity contribution in [1.29, 1.82) is 0 Å². The fraction of sp³-hybridized carbons (Fsp3) is 0.867. The standard InChI is InChI=1S/C15H32Si/c1-5-6-7-8-9-10-11-12-13-14-15-16(2,3)4/h5H,1,6-15H2,2-4H3. The van der Waals surface area contributed by atoms with E-state index in [1.165, 1.54) is 63.8 Å². The van der Waals surface area contributed by atoms with Gasteiger partial charge in [-0.3, -0.25) is 0 Å². The molecule has 0 nitrogen and oxygen atoms in total. The highest BCUT2D eigenvalue weighted by molar-refractivity contribution is 6.76. The highest BCUT2D eigenvalue weighted by Gasteiger charge is 2.11. The van der Waals surface area contributed by atoms with E-state index in [1.54, 1.807) is 0 Å². The summed E-state index contributed by atoms with van der Waals surface area (Å²) in [5, 5.41) is 0. The monoisotopic (exact) mass is 240 g/mol. The van der Waals surface area contributed by atoms with Crippen LogP contribution in [0.15, 0.2) is 12.7 Å². The molecule has 96 valence electrons. The zero-order valence-corrected chi connectivity index (χ0v) is 12.9. The molecule has 0 fully saturated rings. The van der Waals surface area contributed by atoms with Crippen LogP contribution >= 0.6 is 0 Å². The van der Waals surface area contributed by atoms with Crippen molar-refractivity contribution in [2.24, 2.45) is 0 Å². The lowest BCUT2D eigenvalue weighted by Crippen LogP contribution is -2.18. The Bertz CT molecular complexity index is 155. The van der Waals surface area contributed by atoms with E-state index < -0.39 is 8.07 Å². The summed E-state index contributed by atoms with van der Waals surface area (Å²) in [7, 11) is -0.757. The van der Waals surface area contributed by atoms with Gasteiger partial charge in [0.1, 0.15) is 0 Å². The van der Waals surface area contributed by atoms with Gasteiger partial charge in [-0.15, -0.1) is 6.58 Å². The molecule has 0 aromatic carbocycles. The first-order valence-electron chi connectivity index (χ1n) is 7.17. The Kier molecular flexibility index (Phi) is 10.1. The van der Waals surface area contributed by atoms with Crippen molar-refractivity contribution in [3.8, 4) is 0 Å². The number of rotatable bonds is 11. The Balaban J connectivity index is 3.01. The number of hydrogen-bond donors (Lipinski definition) is 0. The molecule has 16 heavy (non-hydrogen) atoms. The van der Waals surface area contributed by atoms with Crippen LogP contribution in [0.1, 0.15) is 57.8 Å². The Hall–Kier alpha value is -0.0431. The Labute approximate surface area is 105 Å². The molecule has 0 aromatic rings. The van der Waals surface area contributed by atoms with Gasteiger partial charge in [-0.1, -0.05) is 76.7 Å². The van der Waals surface area contributed by atoms with Crippen LogP contribution in [0, 0.1) is 0 Å². The zero-order chi connectivity index (χ0) is 12.3. The van der Waals surface area contributed by atoms with E-state index in [0.717, 1.165) is 0 Å². The second-order valence-electron chi connectivity index (χ2n) is 6.22. The van der Waals surface area contributed by atoms with Gasteiger partial charge in [0.05, 0.1) is 0 Å². The Morgan fingerprint density at radius 2 is 1.19 bits per heavy atom. The normalized spacial score (nSPS) is 11.7. The van der Waals surface area contributed by atoms with Crippen molar-refractivity contribution in [3.63, 3.8) is 0 Å². The molecule has 0 bridgehead atoms. The SMILES string of the molecule is C=CCCCCCCCCCC[Si](C)(C)C. The van der Waals surface area contributed by atoms with Crippen LogP contribution in [0.3, 0.4) is 0 Å². The van der Waals surface area contributed by atoms with Gasteiger partial charge in [-0.2, -0.15) is 0 Å². The quantitative estimate of drug-likeness (QED) is 0.235. The minimum Gasteiger partial charge on any atom is -0.103 e. The zero-order valence-electron chi connectivity index (χ0n) is 11.9. The van der Waals surface area contributed by atoms with Gasteiger partial charge in [0, 0.05) is 8.07 Å². The first-order valence-corrected chi connectivity index (χ1v) is 10.9. The molecule has 0 saturated carbocycles. The molecule has 1 heteroatoms. The molecule has 0 aliphatic heterocycles. The van der Waals surface area contributed by atoms with Crippen molar-refractivity contribution in [2.75, 3.05) is 0 Å². The van der Waals surface area contributed by atoms with Gasteiger partial charge in [0.15, 0.2) is 0 Å². The van der Waals surface area contributed by atoms with Gasteiger partial charge in [0.2, 0.25) is 0 Å². The first-order chi connectivity index (χ1) is 7.56. The van der Waals surface area contributed by atoms with Crippen LogP contribution in [-0.2, 0) is 0 Å². The molecule has 0 radical (unpaired) electrons. The summed E-state index contributed by atoms with van der Waals surface area (Å²) in [6.07, 6.45) is 14.7. The summed E-state index contributed by atoms with van der Waals surface area (Å²) in [4.78, 5) is 0. The summed E-state index contributed by atoms with van der Waals surface area (Å²) in [6, 6.07) is 1.52. The van der Waals surface area contributed by atoms with Gasteiger partial charge in [-0.25, -0.2) is 0 Å². The van der Waals surface area contributed by atoms with Crippen LogP contribution in [0.2, 0.25) is 25.7 Å². The third-order valence-corrected chi connectivity index (χ3v) is 4.94. The predicted molar refractivity (Wildman–Crippen MR) is 79.9 cm³/mol. The van der Waals surface area contributed by atoms with Crippen LogP contribution < -0.4 is 0 Å². The van der Waals surface area contributed by atoms with Crippen LogP contribution in [-0.4, -0.2) is 8.07 Å². The topological polar surface area (TPSA) is 0 Å². The minimum atomic E-state index is -0.757. The molecule has 0 aliphatic rings. The summed E-state index contributed by atoms with van der Waals surface area (Å²) in [6.45, 7) is 11.2. The summed E-state index contributed by atoms with van der Waals surface area (Å²) < 4.78 is 0. The predicted octanol–water partition coefficient (Wildman–Crippen LogP) is 6.02. The van der Waals surface area contributed by atoms with Crippen molar-refractivity contribution < 1.29 is 0 Å². The number of unbranched alkanes of at least 4 members (excludes halogenated alkanes) is 8. The summed E-state index contributed by atoms with van der Waals surface area (Å²) in [5.74, 6) is 0. The van der Waals surface area contributed by atoms with Gasteiger partial charge in [-0.05, 0) is 12.8 Å². The minimum absolute atomic E-state index is 0.757. The molecule has 0 atom stereocenters. The van der Waals surface area contributed by atoms with E-state index >= 15 is 0 Å². The van der Waals surface area contributed by atoms with Crippen LogP contribution in [0.25, 0.3) is 0 Å². The van der Waals surface area contributed by atoms with E-state index in [4.69, 9.17) is 0 Å². The van der Waals surface area contributed by atoms with E-state index in [0.29, 0.717) is 0 Å². The van der Waals surface area contributed by atoms with Crippen molar-refractivity contribution in [2.45, 2.75) is 83.5 Å². The van der Waals surface area contributed by atoms with Crippen molar-refractivity contribution in [1.82, 2.24) is 0 Å². The molecule has 0 aromatic heterocycles. The molecule has 0 unspecified atom stereocenters. The Morgan fingerprint density at radius 1 is 0.750 bits per heavy atom. The third-order valence-electron chi connectivity index (χ3n) is 3.09. The molecule has 0 heterocycles. The maximum atomic E-state index is 3.75. The maximum Gasteiger partial charge on any atom is 0.0442 e. The average molecular weight is 241 g/mol. The van der Waals surface area contributed by atoms with E-state index in [9.17, 15) is 0 Å². The Morgan fingerprint density at radius 3 is 1.62 bits per heavy atom. The number of hydrogen-bond acceptors (Lipinski definition) is 0. The smallest absolute Gasteiger partial charge is 0.0442 e. The lowest BCUT2D eigenvalue weighted by atomic mass is 10.1. The molecule has 0 aliphatic carbocycles. The summed E-state index contributed by atoms with van der Waals surface area (Å²) in [5.41, 5.74) is 0. The van der Waals surface area contributed by atoms with E-state index in [2.05, 4.69) is 26.2 Å². The van der Waals surface area contributed by atoms with Gasteiger partial charge in [0.25, 0.3) is 0 Å². The summed E-state index contributed by atoms with van der Waals surface area (Å²) >= 11 is 0. The van der Waals surface area contributed by atoms with E-state index in [1.807, 2.05) is 6.08 Å². The molecule has 0 saturated heterocycles. The van der Waals surface area contributed by atoms with Crippen LogP contribution in [0.4, 0.5) is 0 Å².